The number of hydrogen-bond acceptors (Lipinski definition) is 2. The van der Waals surface area contributed by atoms with Gasteiger partial charge in [-0.05, 0) is 12.6 Å². The molecule has 0 saturated heterocycles. The highest BCUT2D eigenvalue weighted by atomic mass is 19.4. The van der Waals surface area contributed by atoms with E-state index in [1.54, 1.807) is 11.9 Å². The molecule has 0 aliphatic heterocycles. The summed E-state index contributed by atoms with van der Waals surface area (Å²) >= 11 is 0. The minimum atomic E-state index is -4.33. The van der Waals surface area contributed by atoms with Gasteiger partial charge in [0.2, 0.25) is 0 Å². The van der Waals surface area contributed by atoms with Crippen LogP contribution in [0.5, 0.6) is 0 Å². The third-order valence-electron chi connectivity index (χ3n) is 2.22. The van der Waals surface area contributed by atoms with Crippen molar-refractivity contribution < 1.29 is 13.2 Å². The molecule has 1 aromatic carbocycles. The van der Waals surface area contributed by atoms with Crippen LogP contribution in [-0.2, 0) is 6.54 Å². The third-order valence-corrected chi connectivity index (χ3v) is 2.22. The third kappa shape index (κ3) is 4.20. The Balaban J connectivity index is 2.45. The van der Waals surface area contributed by atoms with Crippen LogP contribution in [0.1, 0.15) is 5.56 Å². The van der Waals surface area contributed by atoms with Gasteiger partial charge in [0.05, 0.1) is 0 Å². The fourth-order valence-corrected chi connectivity index (χ4v) is 1.40. The summed E-state index contributed by atoms with van der Waals surface area (Å²) in [6.45, 7) is 0.267. The minimum Gasteiger partial charge on any atom is -0.319 e. The highest BCUT2D eigenvalue weighted by molar-refractivity contribution is 5.14. The summed E-state index contributed by atoms with van der Waals surface area (Å²) in [5.41, 5.74) is 6.01. The zero-order valence-electron chi connectivity index (χ0n) is 9.04. The van der Waals surface area contributed by atoms with E-state index in [0.29, 0.717) is 6.54 Å². The van der Waals surface area contributed by atoms with Gasteiger partial charge in [0.15, 0.2) is 0 Å². The molecule has 0 aliphatic carbocycles. The summed E-state index contributed by atoms with van der Waals surface area (Å²) in [5.74, 6) is 0. The Morgan fingerprint density at radius 1 is 1.25 bits per heavy atom. The Morgan fingerprint density at radius 3 is 2.31 bits per heavy atom. The fraction of sp³-hybridized carbons (Fsp3) is 0.455. The van der Waals surface area contributed by atoms with Crippen LogP contribution in [-0.4, -0.2) is 30.7 Å². The van der Waals surface area contributed by atoms with E-state index >= 15 is 0 Å². The van der Waals surface area contributed by atoms with Gasteiger partial charge in [-0.3, -0.25) is 0 Å². The smallest absolute Gasteiger partial charge is 0.319 e. The molecular formula is C11H15F3N2. The molecule has 0 saturated carbocycles. The molecule has 0 heterocycles. The van der Waals surface area contributed by atoms with Crippen LogP contribution in [0.4, 0.5) is 13.2 Å². The summed E-state index contributed by atoms with van der Waals surface area (Å²) < 4.78 is 36.6. The zero-order valence-corrected chi connectivity index (χ0v) is 9.04. The number of nitrogens with zero attached hydrogens (tertiary/aromatic N) is 1. The molecule has 1 atom stereocenters. The number of alkyl halides is 3. The van der Waals surface area contributed by atoms with E-state index in [0.717, 1.165) is 5.56 Å². The fourth-order valence-electron chi connectivity index (χ4n) is 1.40. The normalized spacial score (nSPS) is 14.1. The summed E-state index contributed by atoms with van der Waals surface area (Å²) in [6, 6.07) is 7.52. The van der Waals surface area contributed by atoms with Gasteiger partial charge in [-0.25, -0.2) is 0 Å². The molecule has 16 heavy (non-hydrogen) atoms. The van der Waals surface area contributed by atoms with Crippen LogP contribution in [0.25, 0.3) is 0 Å². The van der Waals surface area contributed by atoms with Crippen molar-refractivity contribution >= 4 is 0 Å². The number of hydrogen-bond donors (Lipinski definition) is 1. The van der Waals surface area contributed by atoms with Crippen LogP contribution < -0.4 is 5.73 Å². The second kappa shape index (κ2) is 5.32. The van der Waals surface area contributed by atoms with E-state index in [1.807, 2.05) is 30.3 Å². The van der Waals surface area contributed by atoms with Gasteiger partial charge in [-0.15, -0.1) is 0 Å². The number of benzene rings is 1. The topological polar surface area (TPSA) is 29.3 Å². The van der Waals surface area contributed by atoms with Crippen LogP contribution in [0, 0.1) is 0 Å². The number of nitrogens with two attached hydrogens (primary N) is 1. The molecule has 2 N–H and O–H groups in total. The summed E-state index contributed by atoms with van der Waals surface area (Å²) in [5, 5.41) is 0. The summed E-state index contributed by atoms with van der Waals surface area (Å²) in [4.78, 5) is 1.56. The summed E-state index contributed by atoms with van der Waals surface area (Å²) in [6.07, 6.45) is -4.33. The second-order valence-electron chi connectivity index (χ2n) is 3.83. The molecule has 0 bridgehead atoms. The highest BCUT2D eigenvalue weighted by Crippen LogP contribution is 2.19. The molecular weight excluding hydrogens is 217 g/mol. The number of halogens is 3. The van der Waals surface area contributed by atoms with Crippen molar-refractivity contribution in [3.8, 4) is 0 Å². The van der Waals surface area contributed by atoms with Crippen molar-refractivity contribution in [2.75, 3.05) is 13.6 Å². The SMILES string of the molecule is CN(Cc1ccccc1)CC(N)C(F)(F)F. The first-order valence-electron chi connectivity index (χ1n) is 4.94. The van der Waals surface area contributed by atoms with Gasteiger partial charge in [0.25, 0.3) is 0 Å². The van der Waals surface area contributed by atoms with E-state index in [1.165, 1.54) is 0 Å². The van der Waals surface area contributed by atoms with E-state index in [2.05, 4.69) is 0 Å². The average Bonchev–Trinajstić information content (AvgIpc) is 2.17. The lowest BCUT2D eigenvalue weighted by atomic mass is 10.2. The van der Waals surface area contributed by atoms with Gasteiger partial charge in [-0.2, -0.15) is 13.2 Å². The Kier molecular flexibility index (Phi) is 4.32. The zero-order chi connectivity index (χ0) is 12.2. The molecule has 0 amide bonds. The molecule has 0 fully saturated rings. The van der Waals surface area contributed by atoms with Gasteiger partial charge in [0, 0.05) is 13.1 Å². The van der Waals surface area contributed by atoms with Gasteiger partial charge < -0.3 is 10.6 Å². The molecule has 0 spiro atoms. The maximum absolute atomic E-state index is 12.2. The lowest BCUT2D eigenvalue weighted by Crippen LogP contribution is -2.45. The molecule has 1 aromatic rings. The minimum absolute atomic E-state index is 0.196. The van der Waals surface area contributed by atoms with E-state index < -0.39 is 12.2 Å². The molecule has 1 unspecified atom stereocenters. The number of likely N-dealkylation sites (N-methyl/N-ethyl adjacent to an activating group) is 1. The molecule has 90 valence electrons. The predicted molar refractivity (Wildman–Crippen MR) is 56.8 cm³/mol. The highest BCUT2D eigenvalue weighted by Gasteiger charge is 2.37. The van der Waals surface area contributed by atoms with E-state index in [4.69, 9.17) is 5.73 Å². The first kappa shape index (κ1) is 13.0. The molecule has 0 aromatic heterocycles. The largest absolute Gasteiger partial charge is 0.404 e. The van der Waals surface area contributed by atoms with E-state index in [-0.39, 0.29) is 6.54 Å². The predicted octanol–water partition coefficient (Wildman–Crippen LogP) is 2.01. The average molecular weight is 232 g/mol. The van der Waals surface area contributed by atoms with Crippen molar-refractivity contribution in [1.82, 2.24) is 4.90 Å². The Hall–Kier alpha value is -1.07. The van der Waals surface area contributed by atoms with Gasteiger partial charge in [-0.1, -0.05) is 30.3 Å². The lowest BCUT2D eigenvalue weighted by molar-refractivity contribution is -0.151. The quantitative estimate of drug-likeness (QED) is 0.860. The van der Waals surface area contributed by atoms with Crippen LogP contribution in [0.2, 0.25) is 0 Å². The molecule has 1 rings (SSSR count). The first-order valence-corrected chi connectivity index (χ1v) is 4.94. The van der Waals surface area contributed by atoms with Crippen LogP contribution in [0.15, 0.2) is 30.3 Å². The maximum atomic E-state index is 12.2. The standard InChI is InChI=1S/C11H15F3N2/c1-16(8-10(15)11(12,13)14)7-9-5-3-2-4-6-9/h2-6,10H,7-8,15H2,1H3. The molecule has 2 nitrogen and oxygen atoms in total. The molecule has 0 aliphatic rings. The molecule has 5 heteroatoms. The Morgan fingerprint density at radius 2 is 1.81 bits per heavy atom. The number of rotatable bonds is 4. The van der Waals surface area contributed by atoms with Gasteiger partial charge in [0.1, 0.15) is 6.04 Å². The maximum Gasteiger partial charge on any atom is 0.404 e. The van der Waals surface area contributed by atoms with Crippen molar-refractivity contribution in [3.63, 3.8) is 0 Å². The van der Waals surface area contributed by atoms with Crippen molar-refractivity contribution in [2.45, 2.75) is 18.8 Å². The lowest BCUT2D eigenvalue weighted by Gasteiger charge is -2.22. The Labute approximate surface area is 92.9 Å². The first-order chi connectivity index (χ1) is 7.39. The van der Waals surface area contributed by atoms with Gasteiger partial charge >= 0.3 is 6.18 Å². The van der Waals surface area contributed by atoms with Crippen molar-refractivity contribution in [1.29, 1.82) is 0 Å². The Bertz CT molecular complexity index is 311. The van der Waals surface area contributed by atoms with Crippen molar-refractivity contribution in [3.05, 3.63) is 35.9 Å². The van der Waals surface area contributed by atoms with E-state index in [9.17, 15) is 13.2 Å². The monoisotopic (exact) mass is 232 g/mol. The summed E-state index contributed by atoms with van der Waals surface area (Å²) in [7, 11) is 1.62. The second-order valence-corrected chi connectivity index (χ2v) is 3.83. The van der Waals surface area contributed by atoms with Crippen LogP contribution >= 0.6 is 0 Å². The molecule has 0 radical (unpaired) electrons. The van der Waals surface area contributed by atoms with Crippen LogP contribution in [0.3, 0.4) is 0 Å². The van der Waals surface area contributed by atoms with Crippen molar-refractivity contribution in [2.24, 2.45) is 5.73 Å².